The van der Waals surface area contributed by atoms with E-state index in [1.54, 1.807) is 0 Å². The number of ether oxygens (including phenoxy) is 1. The Balaban J connectivity index is 0.000000317. The standard InChI is InChI=1S/C23H42FN2O4PS.C16H28FN2O5PS/c1-31(24,29)30-16-12-8-6-4-2-3-5-7-11-15-25-22(27)14-10-9-13-21-19-17-23(28)26-20(19)18-32-21;1-25(17,22)24-10-9-23-8-4-6-12(20)5-2-3-7-14-15-13(11-26-14)18-16(21)19-15/h19-21H,2-18H2,1H3,(H,25,27)(H,26,28);13-15H,2-11H2,1H3,(H2,18,19,21). The number of amides is 4. The topological polar surface area (TPSA) is 178 Å². The fourth-order valence-corrected chi connectivity index (χ4v) is 11.8. The fourth-order valence-electron chi connectivity index (χ4n) is 7.74. The number of nitrogens with one attached hydrogen (secondary N) is 4. The van der Waals surface area contributed by atoms with Crippen LogP contribution in [0.15, 0.2) is 0 Å². The van der Waals surface area contributed by atoms with E-state index < -0.39 is 15.4 Å². The molecule has 336 valence electrons. The first-order valence-corrected chi connectivity index (χ1v) is 27.5. The summed E-state index contributed by atoms with van der Waals surface area (Å²) in [6.45, 7) is 3.46. The third-order valence-electron chi connectivity index (χ3n) is 10.8. The van der Waals surface area contributed by atoms with Crippen LogP contribution >= 0.6 is 38.9 Å². The van der Waals surface area contributed by atoms with Crippen molar-refractivity contribution in [2.75, 3.05) is 57.8 Å². The van der Waals surface area contributed by atoms with Crippen molar-refractivity contribution in [2.45, 2.75) is 157 Å². The number of hydrogen-bond donors (Lipinski definition) is 4. The van der Waals surface area contributed by atoms with Crippen LogP contribution in [0.1, 0.15) is 128 Å². The predicted molar refractivity (Wildman–Crippen MR) is 230 cm³/mol. The molecule has 8 unspecified atom stereocenters. The van der Waals surface area contributed by atoms with Gasteiger partial charge in [-0.15, -0.1) is 0 Å². The van der Waals surface area contributed by atoms with E-state index in [-0.39, 0.29) is 55.5 Å². The molecule has 19 heteroatoms. The summed E-state index contributed by atoms with van der Waals surface area (Å²) in [5, 5.41) is 13.0. The zero-order valence-corrected chi connectivity index (χ0v) is 38.1. The van der Waals surface area contributed by atoms with E-state index in [0.29, 0.717) is 61.2 Å². The van der Waals surface area contributed by atoms with Gasteiger partial charge < -0.3 is 35.1 Å². The Morgan fingerprint density at radius 3 is 1.97 bits per heavy atom. The molecule has 0 aromatic carbocycles. The van der Waals surface area contributed by atoms with Crippen molar-refractivity contribution >= 4 is 62.5 Å². The van der Waals surface area contributed by atoms with Gasteiger partial charge in [0.1, 0.15) is 5.78 Å². The first kappa shape index (κ1) is 51.1. The summed E-state index contributed by atoms with van der Waals surface area (Å²) in [4.78, 5) is 46.7. The molecular weight excluding hydrogens is 833 g/mol. The molecule has 0 aliphatic carbocycles. The van der Waals surface area contributed by atoms with Gasteiger partial charge >= 0.3 is 21.4 Å². The summed E-state index contributed by atoms with van der Waals surface area (Å²) in [6.07, 6.45) is 18.7. The second-order valence-corrected chi connectivity index (χ2v) is 22.0. The molecule has 0 aromatic heterocycles. The second kappa shape index (κ2) is 28.4. The first-order valence-electron chi connectivity index (χ1n) is 21.5. The number of hydrogen-bond acceptors (Lipinski definition) is 11. The van der Waals surface area contributed by atoms with Gasteiger partial charge in [-0.05, 0) is 44.9 Å². The molecular formula is C39H70F2N4O9P2S2. The molecule has 4 amide bonds. The summed E-state index contributed by atoms with van der Waals surface area (Å²) < 4.78 is 61.0. The molecule has 4 aliphatic heterocycles. The van der Waals surface area contributed by atoms with Gasteiger partial charge in [0, 0.05) is 86.1 Å². The largest absolute Gasteiger partial charge is 0.379 e. The van der Waals surface area contributed by atoms with Crippen molar-refractivity contribution in [3.05, 3.63) is 0 Å². The highest BCUT2D eigenvalue weighted by atomic mass is 32.2. The molecule has 4 heterocycles. The molecule has 0 radical (unpaired) electrons. The van der Waals surface area contributed by atoms with Gasteiger partial charge in [-0.2, -0.15) is 31.9 Å². The molecule has 4 fully saturated rings. The van der Waals surface area contributed by atoms with Crippen LogP contribution < -0.4 is 21.3 Å². The van der Waals surface area contributed by atoms with Crippen molar-refractivity contribution in [3.8, 4) is 0 Å². The van der Waals surface area contributed by atoms with Crippen molar-refractivity contribution in [1.82, 2.24) is 21.3 Å². The van der Waals surface area contributed by atoms with E-state index in [1.807, 2.05) is 23.5 Å². The molecule has 4 rings (SSSR count). The third-order valence-corrected chi connectivity index (χ3v) is 15.1. The number of rotatable bonds is 31. The van der Waals surface area contributed by atoms with Gasteiger partial charge in [0.25, 0.3) is 0 Å². The number of halogens is 2. The Hall–Kier alpha value is -1.22. The lowest BCUT2D eigenvalue weighted by molar-refractivity contribution is -0.121. The Labute approximate surface area is 353 Å². The zero-order chi connectivity index (χ0) is 42.2. The van der Waals surface area contributed by atoms with Crippen molar-refractivity contribution in [3.63, 3.8) is 0 Å². The first-order chi connectivity index (χ1) is 27.7. The minimum atomic E-state index is -3.93. The minimum Gasteiger partial charge on any atom is -0.379 e. The number of fused-ring (bicyclic) bond motifs is 2. The Morgan fingerprint density at radius 2 is 1.26 bits per heavy atom. The average Bonchev–Trinajstić information content (AvgIpc) is 3.91. The van der Waals surface area contributed by atoms with Gasteiger partial charge in [0.05, 0.1) is 31.9 Å². The molecule has 0 bridgehead atoms. The number of thioether (sulfide) groups is 2. The zero-order valence-electron chi connectivity index (χ0n) is 34.7. The summed E-state index contributed by atoms with van der Waals surface area (Å²) in [6, 6.07) is 0.789. The summed E-state index contributed by atoms with van der Waals surface area (Å²) in [7, 11) is -7.74. The number of ketones is 1. The monoisotopic (exact) mass is 902 g/mol. The van der Waals surface area contributed by atoms with E-state index in [9.17, 15) is 36.7 Å². The summed E-state index contributed by atoms with van der Waals surface area (Å²) in [5.74, 6) is 3.09. The lowest BCUT2D eigenvalue weighted by Gasteiger charge is -2.16. The quantitative estimate of drug-likeness (QED) is 0.0298. The lowest BCUT2D eigenvalue weighted by Crippen LogP contribution is -2.36. The van der Waals surface area contributed by atoms with Gasteiger partial charge in [-0.25, -0.2) is 4.79 Å². The smallest absolute Gasteiger partial charge is 0.364 e. The Morgan fingerprint density at radius 1 is 0.672 bits per heavy atom. The van der Waals surface area contributed by atoms with Crippen LogP contribution in [0, 0.1) is 5.92 Å². The van der Waals surface area contributed by atoms with Crippen LogP contribution in [0.2, 0.25) is 0 Å². The highest BCUT2D eigenvalue weighted by Crippen LogP contribution is 2.44. The van der Waals surface area contributed by atoms with E-state index >= 15 is 0 Å². The summed E-state index contributed by atoms with van der Waals surface area (Å²) in [5.41, 5.74) is 0. The van der Waals surface area contributed by atoms with Crippen molar-refractivity contribution < 1.29 is 50.5 Å². The normalized spacial score (nSPS) is 25.4. The number of unbranched alkanes of at least 4 members (excludes halogenated alkanes) is 10. The molecule has 58 heavy (non-hydrogen) atoms. The molecule has 4 saturated heterocycles. The van der Waals surface area contributed by atoms with Crippen LogP contribution in [0.4, 0.5) is 13.2 Å². The molecule has 0 spiro atoms. The molecule has 4 aliphatic rings. The van der Waals surface area contributed by atoms with Crippen LogP contribution in [-0.2, 0) is 37.3 Å². The van der Waals surface area contributed by atoms with Gasteiger partial charge in [0.2, 0.25) is 11.8 Å². The summed E-state index contributed by atoms with van der Waals surface area (Å²) >= 11 is 3.87. The van der Waals surface area contributed by atoms with Crippen LogP contribution in [0.25, 0.3) is 0 Å². The molecule has 0 aromatic rings. The van der Waals surface area contributed by atoms with Crippen molar-refractivity contribution in [1.29, 1.82) is 0 Å². The van der Waals surface area contributed by atoms with Crippen LogP contribution in [0.5, 0.6) is 0 Å². The SMILES string of the molecule is CP(=O)(F)OCCCCCCCCCCCNC(=O)CCCCC1SCC2NC(=O)CC21.CP(=O)(F)OCCOCCCC(=O)CCCCC1SCC2NC(=O)NC21. The van der Waals surface area contributed by atoms with Crippen LogP contribution in [0.3, 0.4) is 0 Å². The average molecular weight is 903 g/mol. The van der Waals surface area contributed by atoms with E-state index in [4.69, 9.17) is 4.74 Å². The maximum absolute atomic E-state index is 12.7. The van der Waals surface area contributed by atoms with Gasteiger partial charge in [-0.3, -0.25) is 23.5 Å². The molecule has 4 N–H and O–H groups in total. The van der Waals surface area contributed by atoms with Crippen molar-refractivity contribution in [2.24, 2.45) is 5.92 Å². The van der Waals surface area contributed by atoms with E-state index in [1.165, 1.54) is 25.7 Å². The van der Waals surface area contributed by atoms with E-state index in [0.717, 1.165) is 102 Å². The third kappa shape index (κ3) is 23.1. The number of carbonyl (C=O) groups excluding carboxylic acids is 4. The minimum absolute atomic E-state index is 0.0464. The van der Waals surface area contributed by atoms with Gasteiger partial charge in [0.15, 0.2) is 0 Å². The van der Waals surface area contributed by atoms with Crippen LogP contribution in [-0.4, -0.2) is 110 Å². The Kier molecular flexibility index (Phi) is 25.0. The highest BCUT2D eigenvalue weighted by Gasteiger charge is 2.43. The maximum Gasteiger partial charge on any atom is 0.364 e. The number of Topliss-reactive ketones (excluding diaryl/α,β-unsaturated/α-hetero) is 1. The molecule has 0 saturated carbocycles. The Bertz CT molecular complexity index is 1350. The lowest BCUT2D eigenvalue weighted by atomic mass is 9.94. The predicted octanol–water partition coefficient (Wildman–Crippen LogP) is 8.49. The van der Waals surface area contributed by atoms with E-state index in [2.05, 4.69) is 30.3 Å². The number of carbonyl (C=O) groups is 4. The number of urea groups is 1. The second-order valence-electron chi connectivity index (χ2n) is 16.0. The molecule has 8 atom stereocenters. The fraction of sp³-hybridized carbons (Fsp3) is 0.897. The maximum atomic E-state index is 12.7. The highest BCUT2D eigenvalue weighted by molar-refractivity contribution is 8.00. The molecule has 13 nitrogen and oxygen atoms in total. The van der Waals surface area contributed by atoms with Gasteiger partial charge in [-0.1, -0.05) is 57.8 Å².